The number of likely N-dealkylation sites (N-methyl/N-ethyl adjacent to an activating group) is 1. The summed E-state index contributed by atoms with van der Waals surface area (Å²) in [5.41, 5.74) is 5.15. The van der Waals surface area contributed by atoms with Crippen molar-refractivity contribution in [1.29, 1.82) is 0 Å². The van der Waals surface area contributed by atoms with E-state index in [1.54, 1.807) is 56.2 Å². The Kier molecular flexibility index (Phi) is 11.0. The molecule has 5 heterocycles. The number of aliphatic hydroxyl groups is 1. The second-order valence-electron chi connectivity index (χ2n) is 16.3. The number of fused-ring (bicyclic) bond motifs is 1. The molecule has 2 fully saturated rings. The van der Waals surface area contributed by atoms with Gasteiger partial charge in [0, 0.05) is 87.7 Å². The Morgan fingerprint density at radius 2 is 1.68 bits per heavy atom. The summed E-state index contributed by atoms with van der Waals surface area (Å²) in [6.07, 6.45) is 0.827. The highest BCUT2D eigenvalue weighted by atomic mass is 19.1. The summed E-state index contributed by atoms with van der Waals surface area (Å²) < 4.78 is 23.2. The molecule has 3 aromatic heterocycles. The quantitative estimate of drug-likeness (QED) is 0.165. The summed E-state index contributed by atoms with van der Waals surface area (Å²) in [7, 11) is 3.41. The van der Waals surface area contributed by atoms with Crippen molar-refractivity contribution in [3.8, 4) is 28.3 Å². The van der Waals surface area contributed by atoms with E-state index in [1.165, 1.54) is 9.80 Å². The number of halogens is 1. The van der Waals surface area contributed by atoms with Crippen LogP contribution in [0.3, 0.4) is 0 Å². The van der Waals surface area contributed by atoms with E-state index in [4.69, 9.17) is 4.52 Å². The second-order valence-corrected chi connectivity index (χ2v) is 16.3. The maximum Gasteiger partial charge on any atom is 0.245 e. The molecule has 2 saturated heterocycles. The third-order valence-corrected chi connectivity index (χ3v) is 12.2. The predicted molar refractivity (Wildman–Crippen MR) is 226 cm³/mol. The molecule has 0 bridgehead atoms. The lowest BCUT2D eigenvalue weighted by molar-refractivity contribution is -0.145. The van der Waals surface area contributed by atoms with Crippen molar-refractivity contribution in [1.82, 2.24) is 34.9 Å². The molecule has 4 atom stereocenters. The van der Waals surface area contributed by atoms with Crippen LogP contribution in [0.1, 0.15) is 56.0 Å². The number of β-amino-alcohol motifs (C(OH)–C–C–N with tert-alkyl or cyclic N) is 1. The van der Waals surface area contributed by atoms with Crippen LogP contribution >= 0.6 is 0 Å². The molecule has 0 saturated carbocycles. The van der Waals surface area contributed by atoms with Crippen molar-refractivity contribution in [3.05, 3.63) is 102 Å². The van der Waals surface area contributed by atoms with Crippen LogP contribution in [0.25, 0.3) is 33.4 Å². The zero-order valence-corrected chi connectivity index (χ0v) is 34.7. The Morgan fingerprint density at radius 1 is 0.933 bits per heavy atom. The number of aromatic hydroxyl groups is 1. The average molecular weight is 816 g/mol. The molecule has 3 aromatic carbocycles. The number of hydrogen-bond acceptors (Lipinski definition) is 11. The number of nitrogens with zero attached hydrogens (tertiary/aromatic N) is 9. The van der Waals surface area contributed by atoms with Crippen molar-refractivity contribution in [2.24, 2.45) is 13.0 Å². The summed E-state index contributed by atoms with van der Waals surface area (Å²) in [5.74, 6) is -0.789. The minimum Gasteiger partial charge on any atom is -0.507 e. The van der Waals surface area contributed by atoms with Crippen molar-refractivity contribution in [3.63, 3.8) is 0 Å². The highest BCUT2D eigenvalue weighted by molar-refractivity contribution is 5.91. The molecule has 0 spiro atoms. The number of aryl methyl sites for hydroxylation is 1. The van der Waals surface area contributed by atoms with Crippen molar-refractivity contribution in [2.45, 2.75) is 58.2 Å². The van der Waals surface area contributed by atoms with Gasteiger partial charge in [-0.3, -0.25) is 14.3 Å². The molecule has 14 nitrogen and oxygen atoms in total. The Morgan fingerprint density at radius 3 is 2.40 bits per heavy atom. The highest BCUT2D eigenvalue weighted by Crippen LogP contribution is 2.36. The molecule has 0 aliphatic carbocycles. The first-order valence-electron chi connectivity index (χ1n) is 20.4. The molecular weight excluding hydrogens is 766 g/mol. The first kappa shape index (κ1) is 40.4. The lowest BCUT2D eigenvalue weighted by atomic mass is 9.91. The monoisotopic (exact) mass is 815 g/mol. The second kappa shape index (κ2) is 16.4. The number of aliphatic hydroxyl groups excluding tert-OH is 1. The van der Waals surface area contributed by atoms with Gasteiger partial charge in [0.15, 0.2) is 11.6 Å². The number of amides is 2. The lowest BCUT2D eigenvalue weighted by Gasteiger charge is -2.36. The number of benzene rings is 3. The number of phenolic OH excluding ortho intramolecular Hbond substituents is 1. The molecule has 15 heteroatoms. The third kappa shape index (κ3) is 7.53. The fourth-order valence-electron chi connectivity index (χ4n) is 8.64. The number of rotatable bonds is 10. The van der Waals surface area contributed by atoms with Crippen molar-refractivity contribution in [2.75, 3.05) is 49.6 Å². The maximum absolute atomic E-state index is 15.7. The first-order chi connectivity index (χ1) is 28.8. The number of aromatic nitrogens is 5. The smallest absolute Gasteiger partial charge is 0.245 e. The third-order valence-electron chi connectivity index (χ3n) is 12.2. The predicted octanol–water partition coefficient (Wildman–Crippen LogP) is 6.09. The summed E-state index contributed by atoms with van der Waals surface area (Å²) in [4.78, 5) is 36.0. The maximum atomic E-state index is 15.7. The van der Waals surface area contributed by atoms with Crippen molar-refractivity contribution >= 4 is 34.2 Å². The van der Waals surface area contributed by atoms with Gasteiger partial charge in [-0.05, 0) is 73.4 Å². The van der Waals surface area contributed by atoms with Gasteiger partial charge in [-0.15, -0.1) is 10.2 Å². The summed E-state index contributed by atoms with van der Waals surface area (Å²) in [6, 6.07) is 20.8. The molecule has 60 heavy (non-hydrogen) atoms. The largest absolute Gasteiger partial charge is 0.507 e. The molecule has 6 aromatic rings. The van der Waals surface area contributed by atoms with Gasteiger partial charge < -0.3 is 34.3 Å². The van der Waals surface area contributed by atoms with E-state index >= 15 is 4.39 Å². The Bertz CT molecular complexity index is 2550. The van der Waals surface area contributed by atoms with Gasteiger partial charge in [0.05, 0.1) is 29.1 Å². The number of carbonyl (C=O) groups is 2. The van der Waals surface area contributed by atoms with Crippen molar-refractivity contribution < 1.29 is 28.7 Å². The van der Waals surface area contributed by atoms with E-state index < -0.39 is 24.1 Å². The van der Waals surface area contributed by atoms with Gasteiger partial charge in [-0.25, -0.2) is 4.39 Å². The molecule has 2 aliphatic heterocycles. The van der Waals surface area contributed by atoms with Crippen LogP contribution in [0.5, 0.6) is 5.75 Å². The van der Waals surface area contributed by atoms with Gasteiger partial charge in [0.1, 0.15) is 23.5 Å². The van der Waals surface area contributed by atoms with Crippen LogP contribution < -0.4 is 9.80 Å². The highest BCUT2D eigenvalue weighted by Gasteiger charge is 2.45. The van der Waals surface area contributed by atoms with Gasteiger partial charge >= 0.3 is 0 Å². The number of carbonyl (C=O) groups excluding carboxylic acids is 2. The van der Waals surface area contributed by atoms with Crippen LogP contribution in [-0.4, -0.2) is 109 Å². The molecule has 0 radical (unpaired) electrons. The van der Waals surface area contributed by atoms with Crippen LogP contribution in [-0.2, 0) is 16.6 Å². The molecule has 0 unspecified atom stereocenters. The van der Waals surface area contributed by atoms with Gasteiger partial charge in [-0.1, -0.05) is 43.3 Å². The zero-order valence-electron chi connectivity index (χ0n) is 34.7. The van der Waals surface area contributed by atoms with E-state index in [9.17, 15) is 19.8 Å². The number of para-hydroxylation sites is 1. The molecule has 2 amide bonds. The van der Waals surface area contributed by atoms with Gasteiger partial charge in [0.25, 0.3) is 0 Å². The Hall–Kier alpha value is -6.35. The minimum absolute atomic E-state index is 0.00875. The molecule has 8 rings (SSSR count). The fourth-order valence-corrected chi connectivity index (χ4v) is 8.64. The Labute approximate surface area is 347 Å². The summed E-state index contributed by atoms with van der Waals surface area (Å²) >= 11 is 0. The SMILES string of the molecule is Cc1c([C@H](C)N(C)C(=O)[C@@H]2C[C@@H](O)CN2C(=O)[C@@H](c2cc(N3CCN(c4ccc5cc(-c6ccccc6O)nnc5c4)CC3)no2)C(C)C)ccc(-c2ccnn2C)c1F. The fraction of sp³-hybridized carbons (Fsp3) is 0.378. The van der Waals surface area contributed by atoms with E-state index in [0.29, 0.717) is 71.4 Å². The summed E-state index contributed by atoms with van der Waals surface area (Å²) in [6.45, 7) is 10.1. The van der Waals surface area contributed by atoms with Gasteiger partial charge in [-0.2, -0.15) is 5.10 Å². The van der Waals surface area contributed by atoms with Gasteiger partial charge in [0.2, 0.25) is 11.8 Å². The average Bonchev–Trinajstić information content (AvgIpc) is 4.01. The van der Waals surface area contributed by atoms with E-state index in [2.05, 4.69) is 36.3 Å². The number of anilines is 2. The number of hydrogen-bond donors (Lipinski definition) is 2. The van der Waals surface area contributed by atoms with E-state index in [1.807, 2.05) is 63.2 Å². The minimum atomic E-state index is -0.907. The standard InChI is InChI=1S/C45H50FN9O5/c1-26(2)42(45(59)55-25-31(56)23-38(55)44(58)51(5)28(4)32-13-14-34(43(46)27(32)3)37-15-16-47-52(37)6)40-24-41(50-60-40)54-19-17-53(18-20-54)30-12-11-29-21-36(49-48-35(29)22-30)33-9-7-8-10-39(33)57/h7-16,21-22,24,26,28,31,38,42,56-57H,17-20,23,25H2,1-6H3/t28-,31+,38-,42+/m0/s1. The lowest BCUT2D eigenvalue weighted by Crippen LogP contribution is -2.49. The number of likely N-dealkylation sites (tertiary alicyclic amines) is 1. The molecule has 312 valence electrons. The first-order valence-corrected chi connectivity index (χ1v) is 20.4. The molecular formula is C45H50FN9O5. The van der Waals surface area contributed by atoms with E-state index in [-0.39, 0.29) is 42.3 Å². The number of phenols is 1. The molecule has 2 N–H and O–H groups in total. The molecule has 2 aliphatic rings. The number of piperazine rings is 1. The van der Waals surface area contributed by atoms with Crippen LogP contribution in [0.4, 0.5) is 15.9 Å². The zero-order chi connectivity index (χ0) is 42.4. The normalized spacial score (nSPS) is 18.1. The topological polar surface area (TPSA) is 157 Å². The Balaban J connectivity index is 0.931. The van der Waals surface area contributed by atoms with Crippen LogP contribution in [0, 0.1) is 18.7 Å². The van der Waals surface area contributed by atoms with E-state index in [0.717, 1.165) is 16.6 Å². The van der Waals surface area contributed by atoms with Crippen LogP contribution in [0.2, 0.25) is 0 Å². The van der Waals surface area contributed by atoms with Crippen LogP contribution in [0.15, 0.2) is 83.5 Å². The summed E-state index contributed by atoms with van der Waals surface area (Å²) in [5, 5.41) is 39.4.